The molecule has 0 radical (unpaired) electrons. The Morgan fingerprint density at radius 3 is 2.42 bits per heavy atom. The molecule has 3 nitrogen and oxygen atoms in total. The van der Waals surface area contributed by atoms with Gasteiger partial charge in [0.05, 0.1) is 14.5 Å². The molecule has 0 amide bonds. The summed E-state index contributed by atoms with van der Waals surface area (Å²) in [5.41, 5.74) is 0.140. The predicted octanol–water partition coefficient (Wildman–Crippen LogP) is 4.84. The van der Waals surface area contributed by atoms with Crippen LogP contribution in [-0.4, -0.2) is 11.1 Å². The lowest BCUT2D eigenvalue weighted by atomic mass is 10.2. The van der Waals surface area contributed by atoms with Crippen LogP contribution in [0.5, 0.6) is 11.5 Å². The average molecular weight is 390 g/mol. The van der Waals surface area contributed by atoms with Gasteiger partial charge in [-0.1, -0.05) is 0 Å². The van der Waals surface area contributed by atoms with Gasteiger partial charge in [-0.25, -0.2) is 9.18 Å². The third kappa shape index (κ3) is 3.33. The average Bonchev–Trinajstić information content (AvgIpc) is 2.36. The molecule has 0 unspecified atom stereocenters. The minimum Gasteiger partial charge on any atom is -0.478 e. The highest BCUT2D eigenvalue weighted by Gasteiger charge is 2.09. The normalized spacial score (nSPS) is 10.3. The van der Waals surface area contributed by atoms with Crippen LogP contribution >= 0.6 is 31.9 Å². The van der Waals surface area contributed by atoms with Crippen molar-refractivity contribution >= 4 is 37.8 Å². The van der Waals surface area contributed by atoms with Crippen molar-refractivity contribution in [2.24, 2.45) is 0 Å². The Labute approximate surface area is 125 Å². The summed E-state index contributed by atoms with van der Waals surface area (Å²) in [6, 6.07) is 8.72. The zero-order chi connectivity index (χ0) is 14.0. The van der Waals surface area contributed by atoms with E-state index in [1.165, 1.54) is 30.3 Å². The molecule has 0 fully saturated rings. The van der Waals surface area contributed by atoms with Crippen LogP contribution in [0.15, 0.2) is 45.3 Å². The molecule has 0 aliphatic rings. The van der Waals surface area contributed by atoms with E-state index in [0.29, 0.717) is 20.4 Å². The highest BCUT2D eigenvalue weighted by Crippen LogP contribution is 2.31. The van der Waals surface area contributed by atoms with Gasteiger partial charge < -0.3 is 9.84 Å². The molecule has 98 valence electrons. The largest absolute Gasteiger partial charge is 0.478 e. The fraction of sp³-hybridized carbons (Fsp3) is 0. The van der Waals surface area contributed by atoms with Gasteiger partial charge in [-0.3, -0.25) is 0 Å². The summed E-state index contributed by atoms with van der Waals surface area (Å²) < 4.78 is 19.6. The summed E-state index contributed by atoms with van der Waals surface area (Å²) in [4.78, 5) is 10.8. The predicted molar refractivity (Wildman–Crippen MR) is 75.3 cm³/mol. The number of halogens is 3. The van der Waals surface area contributed by atoms with Gasteiger partial charge in [0.1, 0.15) is 17.3 Å². The van der Waals surface area contributed by atoms with E-state index in [-0.39, 0.29) is 5.56 Å². The fourth-order valence-electron chi connectivity index (χ4n) is 1.38. The Morgan fingerprint density at radius 2 is 1.84 bits per heavy atom. The van der Waals surface area contributed by atoms with E-state index >= 15 is 0 Å². The molecular formula is C13H7Br2FO3. The van der Waals surface area contributed by atoms with Gasteiger partial charge >= 0.3 is 5.97 Å². The Kier molecular flexibility index (Phi) is 4.21. The van der Waals surface area contributed by atoms with Crippen LogP contribution in [0.1, 0.15) is 10.4 Å². The SMILES string of the molecule is O=C(O)c1ccc(Oc2ccc(Br)c(F)c2)c(Br)c1. The second-order valence-corrected chi connectivity index (χ2v) is 5.34. The molecule has 2 aromatic carbocycles. The van der Waals surface area contributed by atoms with E-state index < -0.39 is 11.8 Å². The summed E-state index contributed by atoms with van der Waals surface area (Å²) in [6.45, 7) is 0. The Bertz CT molecular complexity index is 644. The minimum absolute atomic E-state index is 0.140. The van der Waals surface area contributed by atoms with Crippen LogP contribution in [0.2, 0.25) is 0 Å². The first-order chi connectivity index (χ1) is 8.97. The Morgan fingerprint density at radius 1 is 1.11 bits per heavy atom. The summed E-state index contributed by atoms with van der Waals surface area (Å²) in [6.07, 6.45) is 0. The first kappa shape index (κ1) is 14.0. The van der Waals surface area contributed by atoms with E-state index in [2.05, 4.69) is 31.9 Å². The molecule has 1 N–H and O–H groups in total. The lowest BCUT2D eigenvalue weighted by Gasteiger charge is -2.08. The molecule has 0 saturated carbocycles. The topological polar surface area (TPSA) is 46.5 Å². The summed E-state index contributed by atoms with van der Waals surface area (Å²) in [5, 5.41) is 8.84. The number of benzene rings is 2. The van der Waals surface area contributed by atoms with Crippen molar-refractivity contribution < 1.29 is 19.0 Å². The summed E-state index contributed by atoms with van der Waals surface area (Å²) >= 11 is 6.26. The number of carboxylic acid groups (broad SMARTS) is 1. The van der Waals surface area contributed by atoms with Gasteiger partial charge in [-0.2, -0.15) is 0 Å². The quantitative estimate of drug-likeness (QED) is 0.816. The van der Waals surface area contributed by atoms with Crippen molar-refractivity contribution in [1.82, 2.24) is 0 Å². The van der Waals surface area contributed by atoms with Gasteiger partial charge in [0.15, 0.2) is 0 Å². The number of hydrogen-bond donors (Lipinski definition) is 1. The third-order valence-electron chi connectivity index (χ3n) is 2.30. The fourth-order valence-corrected chi connectivity index (χ4v) is 2.09. The zero-order valence-corrected chi connectivity index (χ0v) is 12.5. The van der Waals surface area contributed by atoms with E-state index in [4.69, 9.17) is 9.84 Å². The highest BCUT2D eigenvalue weighted by atomic mass is 79.9. The second kappa shape index (κ2) is 5.71. The molecule has 2 rings (SSSR count). The zero-order valence-electron chi connectivity index (χ0n) is 9.36. The van der Waals surface area contributed by atoms with Gasteiger partial charge in [-0.05, 0) is 62.2 Å². The van der Waals surface area contributed by atoms with Crippen molar-refractivity contribution in [1.29, 1.82) is 0 Å². The molecule has 0 saturated heterocycles. The molecule has 0 aliphatic carbocycles. The number of hydrogen-bond acceptors (Lipinski definition) is 2. The molecule has 0 aromatic heterocycles. The molecule has 0 spiro atoms. The lowest BCUT2D eigenvalue weighted by molar-refractivity contribution is 0.0697. The van der Waals surface area contributed by atoms with Crippen LogP contribution in [0.3, 0.4) is 0 Å². The van der Waals surface area contributed by atoms with Gasteiger partial charge in [0, 0.05) is 6.07 Å². The van der Waals surface area contributed by atoms with Gasteiger partial charge in [0.25, 0.3) is 0 Å². The van der Waals surface area contributed by atoms with Crippen LogP contribution in [-0.2, 0) is 0 Å². The first-order valence-corrected chi connectivity index (χ1v) is 6.71. The van der Waals surface area contributed by atoms with Crippen molar-refractivity contribution in [3.63, 3.8) is 0 Å². The number of aromatic carboxylic acids is 1. The van der Waals surface area contributed by atoms with Crippen LogP contribution in [0.4, 0.5) is 4.39 Å². The smallest absolute Gasteiger partial charge is 0.335 e. The molecular weight excluding hydrogens is 383 g/mol. The van der Waals surface area contributed by atoms with Gasteiger partial charge in [0.2, 0.25) is 0 Å². The van der Waals surface area contributed by atoms with E-state index in [1.807, 2.05) is 0 Å². The number of rotatable bonds is 3. The molecule has 0 atom stereocenters. The van der Waals surface area contributed by atoms with Gasteiger partial charge in [-0.15, -0.1) is 0 Å². The monoisotopic (exact) mass is 388 g/mol. The summed E-state index contributed by atoms with van der Waals surface area (Å²) in [7, 11) is 0. The van der Waals surface area contributed by atoms with E-state index in [1.54, 1.807) is 6.07 Å². The maximum atomic E-state index is 13.3. The standard InChI is InChI=1S/C13H7Br2FO3/c14-9-3-2-8(6-11(9)16)19-12-4-1-7(13(17)18)5-10(12)15/h1-6H,(H,17,18). The molecule has 6 heteroatoms. The van der Waals surface area contributed by atoms with Crippen LogP contribution in [0.25, 0.3) is 0 Å². The third-order valence-corrected chi connectivity index (χ3v) is 3.56. The number of carboxylic acids is 1. The minimum atomic E-state index is -1.03. The molecule has 19 heavy (non-hydrogen) atoms. The van der Waals surface area contributed by atoms with E-state index in [0.717, 1.165) is 0 Å². The van der Waals surface area contributed by atoms with Crippen LogP contribution < -0.4 is 4.74 Å². The van der Waals surface area contributed by atoms with Crippen LogP contribution in [0, 0.1) is 5.82 Å². The number of carbonyl (C=O) groups is 1. The summed E-state index contributed by atoms with van der Waals surface area (Å²) in [5.74, 6) is -0.728. The van der Waals surface area contributed by atoms with Crippen molar-refractivity contribution in [3.05, 3.63) is 56.7 Å². The molecule has 0 aliphatic heterocycles. The molecule has 0 heterocycles. The molecule has 0 bridgehead atoms. The Hall–Kier alpha value is -1.40. The number of ether oxygens (including phenoxy) is 1. The van der Waals surface area contributed by atoms with Crippen molar-refractivity contribution in [3.8, 4) is 11.5 Å². The molecule has 2 aromatic rings. The Balaban J connectivity index is 2.28. The lowest BCUT2D eigenvalue weighted by Crippen LogP contribution is -1.96. The maximum absolute atomic E-state index is 13.3. The second-order valence-electron chi connectivity index (χ2n) is 3.63. The van der Waals surface area contributed by atoms with Crippen molar-refractivity contribution in [2.75, 3.05) is 0 Å². The maximum Gasteiger partial charge on any atom is 0.335 e. The van der Waals surface area contributed by atoms with E-state index in [9.17, 15) is 9.18 Å². The highest BCUT2D eigenvalue weighted by molar-refractivity contribution is 9.10. The first-order valence-electron chi connectivity index (χ1n) is 5.13. The van der Waals surface area contributed by atoms with Crippen molar-refractivity contribution in [2.45, 2.75) is 0 Å².